The fourth-order valence-electron chi connectivity index (χ4n) is 2.81. The summed E-state index contributed by atoms with van der Waals surface area (Å²) < 4.78 is 0. The number of nitrogens with zero attached hydrogens (tertiary/aromatic N) is 2. The van der Waals surface area contributed by atoms with E-state index in [2.05, 4.69) is 61.3 Å². The molecule has 2 rings (SSSR count). The molecule has 1 aromatic carbocycles. The lowest BCUT2D eigenvalue weighted by Crippen LogP contribution is -2.34. The van der Waals surface area contributed by atoms with Gasteiger partial charge in [0.25, 0.3) is 0 Å². The Hall–Kier alpha value is -1.06. The lowest BCUT2D eigenvalue weighted by Gasteiger charge is -2.26. The second-order valence-electron chi connectivity index (χ2n) is 6.60. The Labute approximate surface area is 124 Å². The molecular formula is C17H29N3. The summed E-state index contributed by atoms with van der Waals surface area (Å²) in [7, 11) is 4.29. The van der Waals surface area contributed by atoms with E-state index in [9.17, 15) is 0 Å². The second-order valence-corrected chi connectivity index (χ2v) is 6.60. The highest BCUT2D eigenvalue weighted by molar-refractivity contribution is 5.56. The summed E-state index contributed by atoms with van der Waals surface area (Å²) in [6, 6.07) is 6.91. The molecule has 0 aliphatic carbocycles. The molecular weight excluding hydrogens is 246 g/mol. The van der Waals surface area contributed by atoms with Crippen molar-refractivity contribution in [3.63, 3.8) is 0 Å². The van der Waals surface area contributed by atoms with Crippen LogP contribution in [0.3, 0.4) is 0 Å². The summed E-state index contributed by atoms with van der Waals surface area (Å²) in [5.41, 5.74) is 4.27. The summed E-state index contributed by atoms with van der Waals surface area (Å²) in [5, 5.41) is 3.43. The third kappa shape index (κ3) is 4.50. The number of hydrogen-bond acceptors (Lipinski definition) is 3. The van der Waals surface area contributed by atoms with Crippen LogP contribution in [0.2, 0.25) is 0 Å². The van der Waals surface area contributed by atoms with Crippen LogP contribution in [0, 0.1) is 5.92 Å². The van der Waals surface area contributed by atoms with Crippen molar-refractivity contribution in [3.05, 3.63) is 29.3 Å². The summed E-state index contributed by atoms with van der Waals surface area (Å²) in [5.74, 6) is 0.716. The number of benzene rings is 1. The first-order valence-electron chi connectivity index (χ1n) is 7.77. The van der Waals surface area contributed by atoms with E-state index >= 15 is 0 Å². The molecule has 1 heterocycles. The molecule has 20 heavy (non-hydrogen) atoms. The normalized spacial score (nSPS) is 14.2. The molecule has 0 unspecified atom stereocenters. The van der Waals surface area contributed by atoms with E-state index in [1.54, 1.807) is 0 Å². The first-order valence-corrected chi connectivity index (χ1v) is 7.77. The topological polar surface area (TPSA) is 18.5 Å². The average molecular weight is 275 g/mol. The highest BCUT2D eigenvalue weighted by Gasteiger charge is 2.13. The van der Waals surface area contributed by atoms with Gasteiger partial charge in [0.2, 0.25) is 0 Å². The minimum absolute atomic E-state index is 0.716. The van der Waals surface area contributed by atoms with Crippen molar-refractivity contribution < 1.29 is 0 Å². The Morgan fingerprint density at radius 1 is 1.20 bits per heavy atom. The second kappa shape index (κ2) is 7.09. The van der Waals surface area contributed by atoms with E-state index in [1.165, 1.54) is 29.8 Å². The summed E-state index contributed by atoms with van der Waals surface area (Å²) in [4.78, 5) is 4.84. The van der Waals surface area contributed by atoms with Gasteiger partial charge in [0.05, 0.1) is 0 Å². The van der Waals surface area contributed by atoms with Gasteiger partial charge < -0.3 is 10.2 Å². The lowest BCUT2D eigenvalue weighted by molar-refractivity contribution is 0.211. The Kier molecular flexibility index (Phi) is 5.44. The predicted molar refractivity (Wildman–Crippen MR) is 87.3 cm³/mol. The van der Waals surface area contributed by atoms with Gasteiger partial charge in [0, 0.05) is 38.4 Å². The molecule has 0 bridgehead atoms. The van der Waals surface area contributed by atoms with Crippen molar-refractivity contribution in [3.8, 4) is 0 Å². The van der Waals surface area contributed by atoms with Gasteiger partial charge in [-0.15, -0.1) is 0 Å². The summed E-state index contributed by atoms with van der Waals surface area (Å²) >= 11 is 0. The van der Waals surface area contributed by atoms with Gasteiger partial charge in [-0.1, -0.05) is 26.0 Å². The average Bonchev–Trinajstić information content (AvgIpc) is 2.82. The summed E-state index contributed by atoms with van der Waals surface area (Å²) in [6.45, 7) is 10.2. The molecule has 1 aliphatic heterocycles. The Bertz CT molecular complexity index is 426. The van der Waals surface area contributed by atoms with Crippen molar-refractivity contribution in [2.75, 3.05) is 45.6 Å². The number of likely N-dealkylation sites (N-methyl/N-ethyl adjacent to an activating group) is 1. The maximum absolute atomic E-state index is 3.43. The molecule has 0 saturated heterocycles. The Morgan fingerprint density at radius 2 is 2.00 bits per heavy atom. The SMILES string of the molecule is CC(C)CN(CCN(C)C)Cc1ccc2c(c1)CCN2. The minimum Gasteiger partial charge on any atom is -0.384 e. The quantitative estimate of drug-likeness (QED) is 0.825. The third-order valence-electron chi connectivity index (χ3n) is 3.77. The zero-order valence-electron chi connectivity index (χ0n) is 13.4. The van der Waals surface area contributed by atoms with E-state index in [4.69, 9.17) is 0 Å². The molecule has 0 aromatic heterocycles. The fourth-order valence-corrected chi connectivity index (χ4v) is 2.81. The van der Waals surface area contributed by atoms with Crippen LogP contribution in [-0.2, 0) is 13.0 Å². The highest BCUT2D eigenvalue weighted by Crippen LogP contribution is 2.23. The van der Waals surface area contributed by atoms with E-state index in [-0.39, 0.29) is 0 Å². The van der Waals surface area contributed by atoms with Crippen molar-refractivity contribution in [1.82, 2.24) is 9.80 Å². The van der Waals surface area contributed by atoms with Crippen LogP contribution in [0.15, 0.2) is 18.2 Å². The first kappa shape index (κ1) is 15.3. The van der Waals surface area contributed by atoms with Crippen LogP contribution in [0.5, 0.6) is 0 Å². The number of nitrogens with one attached hydrogen (secondary N) is 1. The molecule has 112 valence electrons. The van der Waals surface area contributed by atoms with E-state index in [1.807, 2.05) is 0 Å². The van der Waals surface area contributed by atoms with E-state index in [0.717, 1.165) is 26.2 Å². The van der Waals surface area contributed by atoms with Crippen molar-refractivity contribution in [2.24, 2.45) is 5.92 Å². The monoisotopic (exact) mass is 275 g/mol. The van der Waals surface area contributed by atoms with Crippen LogP contribution in [0.1, 0.15) is 25.0 Å². The number of hydrogen-bond donors (Lipinski definition) is 1. The van der Waals surface area contributed by atoms with Crippen molar-refractivity contribution in [1.29, 1.82) is 0 Å². The van der Waals surface area contributed by atoms with Crippen LogP contribution in [-0.4, -0.2) is 50.1 Å². The molecule has 0 atom stereocenters. The van der Waals surface area contributed by atoms with Gasteiger partial charge in [0.15, 0.2) is 0 Å². The Morgan fingerprint density at radius 3 is 2.70 bits per heavy atom. The third-order valence-corrected chi connectivity index (χ3v) is 3.77. The molecule has 0 saturated carbocycles. The Balaban J connectivity index is 1.98. The lowest BCUT2D eigenvalue weighted by atomic mass is 10.1. The van der Waals surface area contributed by atoms with E-state index in [0.29, 0.717) is 5.92 Å². The summed E-state index contributed by atoms with van der Waals surface area (Å²) in [6.07, 6.45) is 1.17. The zero-order chi connectivity index (χ0) is 14.5. The largest absolute Gasteiger partial charge is 0.384 e. The fraction of sp³-hybridized carbons (Fsp3) is 0.647. The molecule has 1 N–H and O–H groups in total. The van der Waals surface area contributed by atoms with Gasteiger partial charge in [-0.05, 0) is 43.6 Å². The van der Waals surface area contributed by atoms with Gasteiger partial charge in [-0.2, -0.15) is 0 Å². The molecule has 1 aliphatic rings. The van der Waals surface area contributed by atoms with Crippen LogP contribution in [0.25, 0.3) is 0 Å². The standard InChI is InChI=1S/C17H29N3/c1-14(2)12-20(10-9-19(3)4)13-15-5-6-17-16(11-15)7-8-18-17/h5-6,11,14,18H,7-10,12-13H2,1-4H3. The van der Waals surface area contributed by atoms with Crippen LogP contribution in [0.4, 0.5) is 5.69 Å². The number of rotatable bonds is 7. The van der Waals surface area contributed by atoms with Gasteiger partial charge in [0.1, 0.15) is 0 Å². The first-order chi connectivity index (χ1) is 9.54. The zero-order valence-corrected chi connectivity index (χ0v) is 13.4. The van der Waals surface area contributed by atoms with Crippen LogP contribution < -0.4 is 5.32 Å². The molecule has 0 radical (unpaired) electrons. The smallest absolute Gasteiger partial charge is 0.0373 e. The molecule has 0 fully saturated rings. The molecule has 0 amide bonds. The number of fused-ring (bicyclic) bond motifs is 1. The van der Waals surface area contributed by atoms with Crippen LogP contribution >= 0.6 is 0 Å². The predicted octanol–water partition coefficient (Wildman–Crippen LogP) is 2.67. The molecule has 3 heteroatoms. The molecule has 1 aromatic rings. The minimum atomic E-state index is 0.716. The molecule has 0 spiro atoms. The van der Waals surface area contributed by atoms with Crippen molar-refractivity contribution in [2.45, 2.75) is 26.8 Å². The highest BCUT2D eigenvalue weighted by atomic mass is 15.2. The number of anilines is 1. The van der Waals surface area contributed by atoms with Gasteiger partial charge in [-0.3, -0.25) is 4.90 Å². The molecule has 3 nitrogen and oxygen atoms in total. The van der Waals surface area contributed by atoms with Gasteiger partial charge >= 0.3 is 0 Å². The maximum Gasteiger partial charge on any atom is 0.0373 e. The van der Waals surface area contributed by atoms with Gasteiger partial charge in [-0.25, -0.2) is 0 Å². The van der Waals surface area contributed by atoms with Crippen molar-refractivity contribution >= 4 is 5.69 Å². The van der Waals surface area contributed by atoms with E-state index < -0.39 is 0 Å². The maximum atomic E-state index is 3.43.